The SMILES string of the molecule is CC(C)c1cccc(C(C)C)c1-n1[c-][n+](-c2c(C(C)C)cccc2C(C)C)c2cccnc21.[Au].[c-]1ccc(N(c2ccccc2)c2ccccc2)c2c1-c1ccccc1-c1ccccc1-c1ccccc1-2. The van der Waals surface area contributed by atoms with E-state index in [0.29, 0.717) is 23.7 Å². The molecule has 0 aliphatic heterocycles. The molecule has 5 heteroatoms. The van der Waals surface area contributed by atoms with E-state index in [1.54, 1.807) is 0 Å². The summed E-state index contributed by atoms with van der Waals surface area (Å²) in [5, 5.41) is 0. The third kappa shape index (κ3) is 9.25. The van der Waals surface area contributed by atoms with E-state index in [0.717, 1.165) is 33.8 Å². The van der Waals surface area contributed by atoms with Gasteiger partial charge in [0.25, 0.3) is 6.33 Å². The van der Waals surface area contributed by atoms with Gasteiger partial charge in [-0.1, -0.05) is 223 Å². The number of hydrogen-bond acceptors (Lipinski definition) is 2. The Hall–Kier alpha value is -7.08. The molecule has 2 aromatic heterocycles. The Bertz CT molecular complexity index is 3260. The molecule has 10 aromatic rings. The molecule has 0 saturated heterocycles. The number of fused-ring (bicyclic) bond motifs is 9. The maximum absolute atomic E-state index is 4.86. The van der Waals surface area contributed by atoms with E-state index in [2.05, 4.69) is 270 Å². The number of aromatic nitrogens is 3. The van der Waals surface area contributed by atoms with Crippen LogP contribution in [-0.4, -0.2) is 9.55 Å². The quantitative estimate of drug-likeness (QED) is 0.0817. The van der Waals surface area contributed by atoms with Gasteiger partial charge in [-0.3, -0.25) is 14.1 Å². The maximum atomic E-state index is 4.86. The first-order valence-electron chi connectivity index (χ1n) is 24.9. The molecular formula is C66H61AuN4-. The molecule has 0 unspecified atom stereocenters. The Balaban J connectivity index is 0.000000175. The largest absolute Gasteiger partial charge is 0.328 e. The van der Waals surface area contributed by atoms with Gasteiger partial charge in [0.2, 0.25) is 0 Å². The Morgan fingerprint density at radius 1 is 0.451 bits per heavy atom. The minimum Gasteiger partial charge on any atom is -0.328 e. The molecule has 1 aliphatic rings. The van der Waals surface area contributed by atoms with Crippen LogP contribution in [0.3, 0.4) is 0 Å². The molecule has 0 N–H and O–H groups in total. The second-order valence-corrected chi connectivity index (χ2v) is 19.6. The van der Waals surface area contributed by atoms with Crippen molar-refractivity contribution in [2.45, 2.75) is 79.1 Å². The zero-order valence-corrected chi connectivity index (χ0v) is 44.1. The molecule has 357 valence electrons. The molecule has 0 spiro atoms. The monoisotopic (exact) mass is 1110 g/mol. The summed E-state index contributed by atoms with van der Waals surface area (Å²) in [4.78, 5) is 7.23. The zero-order valence-electron chi connectivity index (χ0n) is 42.0. The third-order valence-corrected chi connectivity index (χ3v) is 13.7. The smallest absolute Gasteiger partial charge is 0.271 e. The fraction of sp³-hybridized carbons (Fsp3) is 0.182. The minimum atomic E-state index is 0. The Labute approximate surface area is 436 Å². The summed E-state index contributed by atoms with van der Waals surface area (Å²) in [5.41, 5.74) is 22.9. The summed E-state index contributed by atoms with van der Waals surface area (Å²) >= 11 is 0. The molecule has 0 bridgehead atoms. The average Bonchev–Trinajstić information content (AvgIpc) is 3.77. The van der Waals surface area contributed by atoms with Crippen LogP contribution in [0.2, 0.25) is 0 Å². The summed E-state index contributed by atoms with van der Waals surface area (Å²) in [6.07, 6.45) is 5.66. The number of benzene rings is 8. The van der Waals surface area contributed by atoms with Crippen molar-refractivity contribution in [3.63, 3.8) is 0 Å². The van der Waals surface area contributed by atoms with E-state index in [9.17, 15) is 0 Å². The van der Waals surface area contributed by atoms with Crippen molar-refractivity contribution < 1.29 is 26.9 Å². The van der Waals surface area contributed by atoms with E-state index < -0.39 is 0 Å². The normalized spacial score (nSPS) is 11.5. The molecular weight excluding hydrogens is 1050 g/mol. The number of hydrogen-bond donors (Lipinski definition) is 0. The van der Waals surface area contributed by atoms with E-state index in [1.165, 1.54) is 72.6 Å². The van der Waals surface area contributed by atoms with Crippen LogP contribution < -0.4 is 9.47 Å². The van der Waals surface area contributed by atoms with Crippen LogP contribution in [0.4, 0.5) is 17.1 Å². The standard InChI is InChI=1S/C36H24N.C30H37N3.Au/c1-3-14-26(15-4-1)37(27-16-5-2-6-17-27)35-25-13-24-34-32-21-10-9-20-30(32)28-18-7-8-19-29(28)31-22-11-12-23-33(31)36(34)35;1-19(2)23-12-9-13-24(20(3)4)28(23)32-18-33(30-27(32)16-11-17-31-30)29-25(21(5)6)14-10-15-26(29)22(7)8;/h1-23,25H;9-17,19-22H,1-8H3;/q-1;;. The molecule has 0 amide bonds. The van der Waals surface area contributed by atoms with Gasteiger partial charge in [-0.25, -0.2) is 0 Å². The molecule has 0 saturated carbocycles. The zero-order chi connectivity index (χ0) is 48.5. The van der Waals surface area contributed by atoms with Crippen LogP contribution in [0, 0.1) is 12.4 Å². The summed E-state index contributed by atoms with van der Waals surface area (Å²) in [6, 6.07) is 73.0. The topological polar surface area (TPSA) is 24.9 Å². The van der Waals surface area contributed by atoms with E-state index in [1.807, 2.05) is 12.3 Å². The van der Waals surface area contributed by atoms with Crippen LogP contribution in [0.5, 0.6) is 0 Å². The molecule has 0 fully saturated rings. The molecule has 11 rings (SSSR count). The van der Waals surface area contributed by atoms with Gasteiger partial charge >= 0.3 is 0 Å². The average molecular weight is 1110 g/mol. The summed E-state index contributed by atoms with van der Waals surface area (Å²) < 4.78 is 4.47. The first-order chi connectivity index (χ1) is 34.1. The molecule has 8 aromatic carbocycles. The van der Waals surface area contributed by atoms with Gasteiger partial charge in [-0.2, -0.15) is 0 Å². The van der Waals surface area contributed by atoms with E-state index >= 15 is 0 Å². The van der Waals surface area contributed by atoms with Gasteiger partial charge in [0.1, 0.15) is 5.52 Å². The van der Waals surface area contributed by atoms with Crippen molar-refractivity contribution in [1.29, 1.82) is 0 Å². The first-order valence-corrected chi connectivity index (χ1v) is 24.9. The second kappa shape index (κ2) is 21.1. The van der Waals surface area contributed by atoms with Gasteiger partial charge in [0.15, 0.2) is 5.65 Å². The minimum absolute atomic E-state index is 0. The first kappa shape index (κ1) is 48.9. The van der Waals surface area contributed by atoms with Crippen molar-refractivity contribution in [2.75, 3.05) is 4.90 Å². The van der Waals surface area contributed by atoms with Crippen molar-refractivity contribution in [3.05, 3.63) is 235 Å². The van der Waals surface area contributed by atoms with Gasteiger partial charge < -0.3 is 4.90 Å². The van der Waals surface area contributed by atoms with Gasteiger partial charge in [-0.15, -0.1) is 23.8 Å². The van der Waals surface area contributed by atoms with E-state index in [4.69, 9.17) is 4.98 Å². The van der Waals surface area contributed by atoms with Crippen molar-refractivity contribution >= 4 is 28.2 Å². The Morgan fingerprint density at radius 2 is 0.887 bits per heavy atom. The third-order valence-electron chi connectivity index (χ3n) is 13.7. The number of imidazole rings is 1. The van der Waals surface area contributed by atoms with Gasteiger partial charge in [0, 0.05) is 40.0 Å². The van der Waals surface area contributed by atoms with Crippen LogP contribution in [-0.2, 0) is 22.4 Å². The predicted molar refractivity (Wildman–Crippen MR) is 293 cm³/mol. The van der Waals surface area contributed by atoms with Crippen LogP contribution in [0.1, 0.15) is 101 Å². The Kier molecular flexibility index (Phi) is 14.5. The molecule has 1 aliphatic carbocycles. The van der Waals surface area contributed by atoms with Crippen molar-refractivity contribution in [1.82, 2.24) is 9.55 Å². The number of rotatable bonds is 9. The number of anilines is 3. The molecule has 2 heterocycles. The summed E-state index contributed by atoms with van der Waals surface area (Å²) in [6.45, 7) is 18.1. The van der Waals surface area contributed by atoms with Crippen molar-refractivity contribution in [3.8, 4) is 55.9 Å². The number of para-hydroxylation sites is 4. The van der Waals surface area contributed by atoms with Gasteiger partial charge in [-0.05, 0) is 105 Å². The fourth-order valence-corrected chi connectivity index (χ4v) is 10.4. The molecule has 4 nitrogen and oxygen atoms in total. The number of nitrogens with zero attached hydrogens (tertiary/aromatic N) is 4. The summed E-state index contributed by atoms with van der Waals surface area (Å²) in [5.74, 6) is 1.61. The van der Waals surface area contributed by atoms with E-state index in [-0.39, 0.29) is 22.4 Å². The Morgan fingerprint density at radius 3 is 1.39 bits per heavy atom. The van der Waals surface area contributed by atoms with Gasteiger partial charge in [0.05, 0.1) is 11.4 Å². The predicted octanol–water partition coefficient (Wildman–Crippen LogP) is 17.5. The number of pyridine rings is 1. The molecule has 0 atom stereocenters. The maximum Gasteiger partial charge on any atom is 0.271 e. The van der Waals surface area contributed by atoms with Crippen molar-refractivity contribution in [2.24, 2.45) is 0 Å². The molecule has 71 heavy (non-hydrogen) atoms. The molecule has 1 radical (unpaired) electrons. The van der Waals surface area contributed by atoms with Crippen LogP contribution in [0.15, 0.2) is 200 Å². The van der Waals surface area contributed by atoms with Crippen LogP contribution in [0.25, 0.3) is 67.0 Å². The van der Waals surface area contributed by atoms with Crippen LogP contribution >= 0.6 is 0 Å². The fourth-order valence-electron chi connectivity index (χ4n) is 10.4. The second-order valence-electron chi connectivity index (χ2n) is 19.6. The summed E-state index contributed by atoms with van der Waals surface area (Å²) in [7, 11) is 0.